The smallest absolute Gasteiger partial charge is 0.251 e. The van der Waals surface area contributed by atoms with Crippen molar-refractivity contribution in [3.05, 3.63) is 113 Å². The highest BCUT2D eigenvalue weighted by Crippen LogP contribution is 2.28. The number of thioether (sulfide) groups is 1. The molecule has 0 saturated heterocycles. The van der Waals surface area contributed by atoms with Gasteiger partial charge in [-0.1, -0.05) is 54.2 Å². The van der Waals surface area contributed by atoms with E-state index in [4.69, 9.17) is 4.74 Å². The van der Waals surface area contributed by atoms with Crippen molar-refractivity contribution in [2.75, 3.05) is 18.2 Å². The molecule has 4 rings (SSSR count). The lowest BCUT2D eigenvalue weighted by atomic mass is 10.0. The monoisotopic (exact) mass is 544 g/mol. The molecule has 0 aliphatic rings. The molecule has 0 spiro atoms. The summed E-state index contributed by atoms with van der Waals surface area (Å²) in [4.78, 5) is 37.9. The Balaban J connectivity index is 1.67. The minimum absolute atomic E-state index is 0.0171. The number of methoxy groups -OCH3 is 1. The summed E-state index contributed by atoms with van der Waals surface area (Å²) in [6, 6.07) is 22.9. The van der Waals surface area contributed by atoms with Gasteiger partial charge in [-0.3, -0.25) is 9.59 Å². The van der Waals surface area contributed by atoms with Gasteiger partial charge in [0, 0.05) is 23.6 Å². The predicted octanol–water partition coefficient (Wildman–Crippen LogP) is 5.74. The first-order valence-corrected chi connectivity index (χ1v) is 13.3. The van der Waals surface area contributed by atoms with Crippen molar-refractivity contribution in [1.82, 2.24) is 14.9 Å². The summed E-state index contributed by atoms with van der Waals surface area (Å²) in [5.41, 5.74) is 3.51. The van der Waals surface area contributed by atoms with Gasteiger partial charge in [-0.15, -0.1) is 0 Å². The molecule has 1 atom stereocenters. The van der Waals surface area contributed by atoms with Crippen LogP contribution in [0.5, 0.6) is 5.75 Å². The van der Waals surface area contributed by atoms with Crippen molar-refractivity contribution in [1.29, 1.82) is 0 Å². The van der Waals surface area contributed by atoms with Gasteiger partial charge in [0.05, 0.1) is 12.9 Å². The molecule has 1 heterocycles. The van der Waals surface area contributed by atoms with E-state index >= 15 is 0 Å². The van der Waals surface area contributed by atoms with E-state index in [1.807, 2.05) is 50.2 Å². The highest BCUT2D eigenvalue weighted by Gasteiger charge is 2.32. The zero-order valence-electron chi connectivity index (χ0n) is 21.9. The minimum atomic E-state index is -0.952. The second-order valence-corrected chi connectivity index (χ2v) is 9.84. The Morgan fingerprint density at radius 3 is 2.21 bits per heavy atom. The lowest BCUT2D eigenvalue weighted by molar-refractivity contribution is -0.137. The van der Waals surface area contributed by atoms with Gasteiger partial charge in [0.1, 0.15) is 17.6 Å². The van der Waals surface area contributed by atoms with E-state index in [0.717, 1.165) is 11.4 Å². The molecule has 4 aromatic rings. The van der Waals surface area contributed by atoms with Gasteiger partial charge < -0.3 is 15.0 Å². The van der Waals surface area contributed by atoms with Crippen molar-refractivity contribution < 1.29 is 18.7 Å². The Labute approximate surface area is 231 Å². The van der Waals surface area contributed by atoms with Crippen LogP contribution in [-0.2, 0) is 16.1 Å². The van der Waals surface area contributed by atoms with Crippen LogP contribution in [0, 0.1) is 19.7 Å². The van der Waals surface area contributed by atoms with Crippen molar-refractivity contribution in [3.8, 4) is 5.75 Å². The summed E-state index contributed by atoms with van der Waals surface area (Å²) in [6.07, 6.45) is 0. The number of rotatable bonds is 10. The van der Waals surface area contributed by atoms with Crippen LogP contribution in [0.3, 0.4) is 0 Å². The fourth-order valence-corrected chi connectivity index (χ4v) is 4.91. The van der Waals surface area contributed by atoms with Crippen LogP contribution in [0.15, 0.2) is 90.1 Å². The van der Waals surface area contributed by atoms with E-state index in [-0.39, 0.29) is 29.9 Å². The van der Waals surface area contributed by atoms with Gasteiger partial charge in [0.2, 0.25) is 5.91 Å². The maximum atomic E-state index is 13.8. The average molecular weight is 545 g/mol. The summed E-state index contributed by atoms with van der Waals surface area (Å²) in [6.45, 7) is 3.84. The van der Waals surface area contributed by atoms with E-state index in [9.17, 15) is 14.0 Å². The van der Waals surface area contributed by atoms with E-state index in [2.05, 4.69) is 15.3 Å². The molecule has 3 aromatic carbocycles. The minimum Gasteiger partial charge on any atom is -0.497 e. The molecular formula is C30H29FN4O3S. The number of ether oxygens (including phenoxy) is 1. The fourth-order valence-electron chi connectivity index (χ4n) is 4.07. The molecule has 0 unspecified atom stereocenters. The quantitative estimate of drug-likeness (QED) is 0.202. The third-order valence-electron chi connectivity index (χ3n) is 5.91. The summed E-state index contributed by atoms with van der Waals surface area (Å²) < 4.78 is 18.8. The lowest BCUT2D eigenvalue weighted by Crippen LogP contribution is -2.41. The van der Waals surface area contributed by atoms with Crippen molar-refractivity contribution >= 4 is 29.3 Å². The highest BCUT2D eigenvalue weighted by molar-refractivity contribution is 7.99. The highest BCUT2D eigenvalue weighted by atomic mass is 32.2. The molecular weight excluding hydrogens is 515 g/mol. The summed E-state index contributed by atoms with van der Waals surface area (Å²) in [5.74, 6) is -0.369. The number of benzene rings is 3. The second-order valence-electron chi connectivity index (χ2n) is 8.90. The summed E-state index contributed by atoms with van der Waals surface area (Å²) >= 11 is 1.21. The largest absolute Gasteiger partial charge is 0.497 e. The second kappa shape index (κ2) is 13.0. The zero-order chi connectivity index (χ0) is 27.8. The van der Waals surface area contributed by atoms with Gasteiger partial charge in [0.25, 0.3) is 5.91 Å². The number of aromatic nitrogens is 2. The first-order chi connectivity index (χ1) is 18.8. The molecule has 0 saturated carbocycles. The number of hydrogen-bond acceptors (Lipinski definition) is 6. The maximum Gasteiger partial charge on any atom is 0.251 e. The third kappa shape index (κ3) is 7.64. The molecule has 2 amide bonds. The van der Waals surface area contributed by atoms with Crippen LogP contribution in [-0.4, -0.2) is 39.5 Å². The molecule has 0 aliphatic carbocycles. The first-order valence-electron chi connectivity index (χ1n) is 12.3. The number of nitrogens with zero attached hydrogens (tertiary/aromatic N) is 3. The van der Waals surface area contributed by atoms with Gasteiger partial charge in [0.15, 0.2) is 5.16 Å². The van der Waals surface area contributed by atoms with E-state index in [1.165, 1.54) is 28.8 Å². The molecule has 1 N–H and O–H groups in total. The Morgan fingerprint density at radius 2 is 1.59 bits per heavy atom. The van der Waals surface area contributed by atoms with Crippen molar-refractivity contribution in [3.63, 3.8) is 0 Å². The number of hydrogen-bond donors (Lipinski definition) is 1. The molecule has 9 heteroatoms. The SMILES string of the molecule is COc1ccc(NC(=O)[C@@H](c2ccccc2)N(Cc2ccc(F)cc2)C(=O)CSc2nc(C)cc(C)n2)cc1. The van der Waals surface area contributed by atoms with Crippen molar-refractivity contribution in [2.24, 2.45) is 0 Å². The molecule has 0 aliphatic heterocycles. The normalized spacial score (nSPS) is 11.5. The Bertz CT molecular complexity index is 1400. The molecule has 200 valence electrons. The third-order valence-corrected chi connectivity index (χ3v) is 6.74. The Hall–Kier alpha value is -4.24. The summed E-state index contributed by atoms with van der Waals surface area (Å²) in [7, 11) is 1.57. The number of carbonyl (C=O) groups excluding carboxylic acids is 2. The van der Waals surface area contributed by atoms with E-state index in [1.54, 1.807) is 43.5 Å². The summed E-state index contributed by atoms with van der Waals surface area (Å²) in [5, 5.41) is 3.42. The molecule has 7 nitrogen and oxygen atoms in total. The molecule has 1 aromatic heterocycles. The van der Waals surface area contributed by atoms with Crippen LogP contribution in [0.1, 0.15) is 28.6 Å². The first kappa shape index (κ1) is 27.8. The standard InChI is InChI=1S/C30H29FN4O3S/c1-20-17-21(2)33-30(32-20)39-19-27(36)35(18-22-9-11-24(31)12-10-22)28(23-7-5-4-6-8-23)29(37)34-25-13-15-26(38-3)16-14-25/h4-17,28H,18-19H2,1-3H3,(H,34,37)/t28-/m1/s1. The van der Waals surface area contributed by atoms with Crippen molar-refractivity contribution in [2.45, 2.75) is 31.6 Å². The fraction of sp³-hybridized carbons (Fsp3) is 0.200. The van der Waals surface area contributed by atoms with E-state index < -0.39 is 6.04 Å². The van der Waals surface area contributed by atoms with Crippen LogP contribution >= 0.6 is 11.8 Å². The molecule has 0 radical (unpaired) electrons. The van der Waals surface area contributed by atoms with Crippen LogP contribution in [0.4, 0.5) is 10.1 Å². The van der Waals surface area contributed by atoms with Crippen LogP contribution in [0.25, 0.3) is 0 Å². The van der Waals surface area contributed by atoms with Gasteiger partial charge in [-0.2, -0.15) is 0 Å². The van der Waals surface area contributed by atoms with Gasteiger partial charge in [-0.05, 0) is 67.4 Å². The molecule has 0 bridgehead atoms. The number of halogens is 1. The molecule has 0 fully saturated rings. The number of nitrogens with one attached hydrogen (secondary N) is 1. The Kier molecular flexibility index (Phi) is 9.27. The maximum absolute atomic E-state index is 13.8. The lowest BCUT2D eigenvalue weighted by Gasteiger charge is -2.31. The molecule has 39 heavy (non-hydrogen) atoms. The van der Waals surface area contributed by atoms with Crippen LogP contribution in [0.2, 0.25) is 0 Å². The number of carbonyl (C=O) groups is 2. The van der Waals surface area contributed by atoms with Crippen LogP contribution < -0.4 is 10.1 Å². The average Bonchev–Trinajstić information content (AvgIpc) is 2.93. The predicted molar refractivity (Wildman–Crippen MR) is 150 cm³/mol. The number of amides is 2. The number of anilines is 1. The van der Waals surface area contributed by atoms with Gasteiger partial charge in [-0.25, -0.2) is 14.4 Å². The Morgan fingerprint density at radius 1 is 0.949 bits per heavy atom. The van der Waals surface area contributed by atoms with E-state index in [0.29, 0.717) is 27.7 Å². The number of aryl methyl sites for hydroxylation is 2. The zero-order valence-corrected chi connectivity index (χ0v) is 22.7. The van der Waals surface area contributed by atoms with Gasteiger partial charge >= 0.3 is 0 Å². The topological polar surface area (TPSA) is 84.4 Å².